The van der Waals surface area contributed by atoms with Crippen molar-refractivity contribution >= 4 is 17.6 Å². The Labute approximate surface area is 156 Å². The van der Waals surface area contributed by atoms with Gasteiger partial charge in [0.25, 0.3) is 0 Å². The van der Waals surface area contributed by atoms with E-state index in [4.69, 9.17) is 10.5 Å². The number of nitrogens with one attached hydrogen (secondary N) is 1. The van der Waals surface area contributed by atoms with Gasteiger partial charge in [0.2, 0.25) is 0 Å². The fourth-order valence-electron chi connectivity index (χ4n) is 3.18. The number of carbonyl (C=O) groups is 1. The largest absolute Gasteiger partial charge is 0.465 e. The predicted molar refractivity (Wildman–Crippen MR) is 105 cm³/mol. The molecule has 3 N–H and O–H groups in total. The lowest BCUT2D eigenvalue weighted by Crippen LogP contribution is -2.28. The molecule has 0 radical (unpaired) electrons. The number of pyridine rings is 1. The van der Waals surface area contributed by atoms with Gasteiger partial charge in [-0.25, -0.2) is 9.79 Å². The number of methoxy groups -OCH3 is 1. The summed E-state index contributed by atoms with van der Waals surface area (Å²) >= 11 is 0. The molecule has 134 valence electrons. The fourth-order valence-corrected chi connectivity index (χ4v) is 3.18. The Morgan fingerprint density at radius 2 is 1.89 bits per heavy atom. The average Bonchev–Trinajstić information content (AvgIpc) is 2.73. The van der Waals surface area contributed by atoms with E-state index in [9.17, 15) is 4.79 Å². The lowest BCUT2D eigenvalue weighted by molar-refractivity contribution is 0.0600. The zero-order valence-corrected chi connectivity index (χ0v) is 14.7. The van der Waals surface area contributed by atoms with Crippen molar-refractivity contribution in [2.45, 2.75) is 6.04 Å². The van der Waals surface area contributed by atoms with Crippen LogP contribution in [-0.2, 0) is 4.74 Å². The number of carbonyl (C=O) groups excluding carboxylic acids is 1. The molecule has 0 aliphatic carbocycles. The maximum absolute atomic E-state index is 11.8. The number of ether oxygens (including phenoxy) is 1. The maximum Gasteiger partial charge on any atom is 0.339 e. The number of aromatic nitrogens is 1. The van der Waals surface area contributed by atoms with Gasteiger partial charge in [-0.15, -0.1) is 0 Å². The Kier molecular flexibility index (Phi) is 4.30. The van der Waals surface area contributed by atoms with E-state index < -0.39 is 5.97 Å². The molecule has 1 aromatic heterocycles. The van der Waals surface area contributed by atoms with Gasteiger partial charge < -0.3 is 15.8 Å². The normalized spacial score (nSPS) is 15.3. The Balaban J connectivity index is 1.79. The zero-order chi connectivity index (χ0) is 18.8. The van der Waals surface area contributed by atoms with Gasteiger partial charge in [-0.1, -0.05) is 36.4 Å². The van der Waals surface area contributed by atoms with Crippen LogP contribution in [0.2, 0.25) is 0 Å². The van der Waals surface area contributed by atoms with Crippen LogP contribution < -0.4 is 11.1 Å². The molecule has 27 heavy (non-hydrogen) atoms. The Bertz CT molecular complexity index is 1030. The average molecular weight is 358 g/mol. The van der Waals surface area contributed by atoms with E-state index in [2.05, 4.69) is 15.3 Å². The number of nitrogens with zero attached hydrogens (tertiary/aromatic N) is 2. The van der Waals surface area contributed by atoms with Gasteiger partial charge in [0.1, 0.15) is 6.04 Å². The van der Waals surface area contributed by atoms with Gasteiger partial charge >= 0.3 is 5.97 Å². The molecule has 1 unspecified atom stereocenters. The molecule has 0 spiro atoms. The molecule has 0 saturated carbocycles. The van der Waals surface area contributed by atoms with Crippen molar-refractivity contribution in [1.29, 1.82) is 0 Å². The summed E-state index contributed by atoms with van der Waals surface area (Å²) in [6, 6.07) is 17.5. The summed E-state index contributed by atoms with van der Waals surface area (Å²) < 4.78 is 4.78. The standard InChI is InChI=1S/C21H18N4O2/c1-27-20(26)16-9-15(11-23-12-16)14-7-8-18-17(10-14)19(25-21(22)24-18)13-5-3-2-4-6-13/h2-12,19H,1H3,(H3,22,24,25). The maximum atomic E-state index is 11.8. The molecule has 0 amide bonds. The molecule has 1 aliphatic heterocycles. The second-order valence-electron chi connectivity index (χ2n) is 6.21. The van der Waals surface area contributed by atoms with Crippen molar-refractivity contribution in [3.05, 3.63) is 83.7 Å². The molecular weight excluding hydrogens is 340 g/mol. The number of anilines is 1. The van der Waals surface area contributed by atoms with Crippen molar-refractivity contribution in [2.24, 2.45) is 10.7 Å². The second-order valence-corrected chi connectivity index (χ2v) is 6.21. The number of benzene rings is 2. The molecular formula is C21H18N4O2. The molecule has 4 rings (SSSR count). The summed E-state index contributed by atoms with van der Waals surface area (Å²) in [5, 5.41) is 3.12. The number of guanidine groups is 1. The van der Waals surface area contributed by atoms with Crippen molar-refractivity contribution in [3.63, 3.8) is 0 Å². The van der Waals surface area contributed by atoms with Crippen LogP contribution in [0.1, 0.15) is 27.5 Å². The Morgan fingerprint density at radius 1 is 1.07 bits per heavy atom. The summed E-state index contributed by atoms with van der Waals surface area (Å²) in [7, 11) is 1.35. The highest BCUT2D eigenvalue weighted by Crippen LogP contribution is 2.37. The fraction of sp³-hybridized carbons (Fsp3) is 0.0952. The number of hydrogen-bond donors (Lipinski definition) is 2. The molecule has 3 aromatic rings. The van der Waals surface area contributed by atoms with Gasteiger partial charge in [0.05, 0.1) is 12.7 Å². The minimum atomic E-state index is -0.413. The summed E-state index contributed by atoms with van der Waals surface area (Å²) in [5.74, 6) is -0.0260. The summed E-state index contributed by atoms with van der Waals surface area (Å²) in [6.45, 7) is 0. The van der Waals surface area contributed by atoms with Gasteiger partial charge in [-0.05, 0) is 29.3 Å². The molecule has 0 bridgehead atoms. The van der Waals surface area contributed by atoms with Crippen molar-refractivity contribution in [3.8, 4) is 11.1 Å². The molecule has 2 aromatic carbocycles. The minimum absolute atomic E-state index is 0.195. The first-order chi connectivity index (χ1) is 13.2. The lowest BCUT2D eigenvalue weighted by Gasteiger charge is -2.24. The Morgan fingerprint density at radius 3 is 2.67 bits per heavy atom. The molecule has 1 atom stereocenters. The molecule has 0 saturated heterocycles. The Hall–Kier alpha value is -3.67. The number of fused-ring (bicyclic) bond motifs is 1. The van der Waals surface area contributed by atoms with E-state index in [1.807, 2.05) is 48.5 Å². The second kappa shape index (κ2) is 6.92. The number of aliphatic imine (C=N–C) groups is 1. The van der Waals surface area contributed by atoms with Crippen LogP contribution in [0, 0.1) is 0 Å². The van der Waals surface area contributed by atoms with Gasteiger partial charge in [0, 0.05) is 29.2 Å². The van der Waals surface area contributed by atoms with Crippen molar-refractivity contribution in [1.82, 2.24) is 4.98 Å². The van der Waals surface area contributed by atoms with Crippen LogP contribution >= 0.6 is 0 Å². The van der Waals surface area contributed by atoms with Gasteiger partial charge in [-0.2, -0.15) is 0 Å². The van der Waals surface area contributed by atoms with Crippen LogP contribution in [0.25, 0.3) is 11.1 Å². The summed E-state index contributed by atoms with van der Waals surface area (Å²) in [4.78, 5) is 20.5. The smallest absolute Gasteiger partial charge is 0.339 e. The zero-order valence-electron chi connectivity index (χ0n) is 14.7. The minimum Gasteiger partial charge on any atom is -0.465 e. The predicted octanol–water partition coefficient (Wildman–Crippen LogP) is 3.36. The van der Waals surface area contributed by atoms with Crippen molar-refractivity contribution < 1.29 is 9.53 Å². The SMILES string of the molecule is COC(=O)c1cncc(-c2ccc3c(c2)C(c2ccccc2)N=C(N)N3)c1. The first kappa shape index (κ1) is 16.8. The van der Waals surface area contributed by atoms with Gasteiger partial charge in [-0.3, -0.25) is 4.98 Å². The van der Waals surface area contributed by atoms with Gasteiger partial charge in [0.15, 0.2) is 5.96 Å². The first-order valence-corrected chi connectivity index (χ1v) is 8.48. The highest BCUT2D eigenvalue weighted by atomic mass is 16.5. The third-order valence-electron chi connectivity index (χ3n) is 4.49. The molecule has 1 aliphatic rings. The van der Waals surface area contributed by atoms with Crippen LogP contribution in [0.4, 0.5) is 5.69 Å². The van der Waals surface area contributed by atoms with Crippen molar-refractivity contribution in [2.75, 3.05) is 12.4 Å². The third kappa shape index (κ3) is 3.25. The van der Waals surface area contributed by atoms with E-state index in [0.717, 1.165) is 27.9 Å². The number of nitrogens with two attached hydrogens (primary N) is 1. The number of esters is 1. The number of rotatable bonds is 3. The number of hydrogen-bond acceptors (Lipinski definition) is 6. The third-order valence-corrected chi connectivity index (χ3v) is 4.49. The molecule has 0 fully saturated rings. The highest BCUT2D eigenvalue weighted by molar-refractivity contribution is 5.96. The topological polar surface area (TPSA) is 89.6 Å². The van der Waals surface area contributed by atoms with E-state index >= 15 is 0 Å². The quantitative estimate of drug-likeness (QED) is 0.701. The van der Waals surface area contributed by atoms with E-state index in [1.165, 1.54) is 13.3 Å². The van der Waals surface area contributed by atoms with Crippen LogP contribution in [0.3, 0.4) is 0 Å². The van der Waals surface area contributed by atoms with Crippen LogP contribution in [0.15, 0.2) is 72.0 Å². The first-order valence-electron chi connectivity index (χ1n) is 8.48. The van der Waals surface area contributed by atoms with Crippen LogP contribution in [-0.4, -0.2) is 24.0 Å². The molecule has 6 heteroatoms. The van der Waals surface area contributed by atoms with E-state index in [0.29, 0.717) is 11.5 Å². The lowest BCUT2D eigenvalue weighted by atomic mass is 9.93. The summed E-state index contributed by atoms with van der Waals surface area (Å²) in [6.07, 6.45) is 3.21. The molecule has 2 heterocycles. The summed E-state index contributed by atoms with van der Waals surface area (Å²) in [5.41, 5.74) is 11.1. The highest BCUT2D eigenvalue weighted by Gasteiger charge is 2.22. The molecule has 6 nitrogen and oxygen atoms in total. The van der Waals surface area contributed by atoms with E-state index in [-0.39, 0.29) is 6.04 Å². The monoisotopic (exact) mass is 358 g/mol. The van der Waals surface area contributed by atoms with Crippen LogP contribution in [0.5, 0.6) is 0 Å². The van der Waals surface area contributed by atoms with E-state index in [1.54, 1.807) is 12.3 Å².